The monoisotopic (exact) mass is 304 g/mol. The van der Waals surface area contributed by atoms with E-state index in [2.05, 4.69) is 0 Å². The fraction of sp³-hybridized carbons (Fsp3) is 0.938. The van der Waals surface area contributed by atoms with Crippen LogP contribution in [0.3, 0.4) is 0 Å². The Morgan fingerprint density at radius 2 is 1.33 bits per heavy atom. The minimum Gasteiger partial charge on any atom is -0.481 e. The number of rotatable bonds is 14. The lowest BCUT2D eigenvalue weighted by atomic mass is 10.0. The topological polar surface area (TPSA) is 98.0 Å². The molecule has 0 aliphatic heterocycles. The average molecular weight is 304 g/mol. The van der Waals surface area contributed by atoms with Gasteiger partial charge in [0.1, 0.15) is 0 Å². The summed E-state index contributed by atoms with van der Waals surface area (Å²) in [6, 6.07) is 0. The number of carbonyl (C=O) groups is 1. The van der Waals surface area contributed by atoms with Crippen LogP contribution in [0.2, 0.25) is 0 Å². The summed E-state index contributed by atoms with van der Waals surface area (Å²) in [7, 11) is 0. The minimum absolute atomic E-state index is 0.253. The van der Waals surface area contributed by atoms with Crippen molar-refractivity contribution < 1.29 is 25.2 Å². The maximum Gasteiger partial charge on any atom is 0.303 e. The van der Waals surface area contributed by atoms with Crippen molar-refractivity contribution in [2.24, 2.45) is 0 Å². The van der Waals surface area contributed by atoms with Crippen LogP contribution >= 0.6 is 0 Å². The normalized spacial score (nSPS) is 15.6. The Morgan fingerprint density at radius 1 is 0.810 bits per heavy atom. The summed E-state index contributed by atoms with van der Waals surface area (Å²) in [6.07, 6.45) is 6.77. The fourth-order valence-electron chi connectivity index (χ4n) is 2.35. The molecule has 21 heavy (non-hydrogen) atoms. The van der Waals surface area contributed by atoms with E-state index in [0.717, 1.165) is 38.5 Å². The third-order valence-corrected chi connectivity index (χ3v) is 3.64. The Bertz CT molecular complexity index is 255. The molecular weight excluding hydrogens is 272 g/mol. The Balaban J connectivity index is 3.36. The molecule has 0 aliphatic carbocycles. The quantitative estimate of drug-likeness (QED) is 0.370. The van der Waals surface area contributed by atoms with Gasteiger partial charge in [0.05, 0.1) is 18.3 Å². The highest BCUT2D eigenvalue weighted by Crippen LogP contribution is 2.14. The number of aliphatic carboxylic acids is 1. The first-order chi connectivity index (χ1) is 9.91. The minimum atomic E-state index is -0.729. The van der Waals surface area contributed by atoms with E-state index in [-0.39, 0.29) is 6.42 Å². The van der Waals surface area contributed by atoms with Crippen LogP contribution in [0, 0.1) is 0 Å². The second-order valence-corrected chi connectivity index (χ2v) is 6.02. The van der Waals surface area contributed by atoms with Crippen molar-refractivity contribution in [3.63, 3.8) is 0 Å². The van der Waals surface area contributed by atoms with Gasteiger partial charge in [0, 0.05) is 6.42 Å². The van der Waals surface area contributed by atoms with E-state index in [9.17, 15) is 15.0 Å². The molecule has 3 unspecified atom stereocenters. The van der Waals surface area contributed by atoms with Crippen molar-refractivity contribution in [3.05, 3.63) is 0 Å². The lowest BCUT2D eigenvalue weighted by Gasteiger charge is -2.16. The molecule has 126 valence electrons. The number of hydrogen-bond donors (Lipinski definition) is 4. The van der Waals surface area contributed by atoms with Gasteiger partial charge in [-0.3, -0.25) is 4.79 Å². The maximum absolute atomic E-state index is 10.3. The molecular formula is C16H32O5. The molecule has 0 amide bonds. The predicted octanol–water partition coefficient (Wildman–Crippen LogP) is 2.46. The summed E-state index contributed by atoms with van der Waals surface area (Å²) in [5, 5.41) is 37.1. The molecule has 0 aromatic heterocycles. The van der Waals surface area contributed by atoms with Crippen molar-refractivity contribution in [1.29, 1.82) is 0 Å². The summed E-state index contributed by atoms with van der Waals surface area (Å²) in [5.74, 6) is -0.729. The Morgan fingerprint density at radius 3 is 1.90 bits per heavy atom. The highest BCUT2D eigenvalue weighted by atomic mass is 16.4. The van der Waals surface area contributed by atoms with Gasteiger partial charge in [-0.1, -0.05) is 32.1 Å². The molecule has 5 heteroatoms. The van der Waals surface area contributed by atoms with Gasteiger partial charge in [-0.15, -0.1) is 0 Å². The Hall–Kier alpha value is -0.650. The van der Waals surface area contributed by atoms with Gasteiger partial charge < -0.3 is 20.4 Å². The molecule has 0 aliphatic rings. The molecule has 0 saturated carbocycles. The lowest BCUT2D eigenvalue weighted by molar-refractivity contribution is -0.137. The van der Waals surface area contributed by atoms with E-state index in [1.807, 2.05) is 0 Å². The first-order valence-corrected chi connectivity index (χ1v) is 8.17. The SMILES string of the molecule is CC(O)CCC(O)CC(O)CCCCCCCCC(=O)O. The largest absolute Gasteiger partial charge is 0.481 e. The smallest absolute Gasteiger partial charge is 0.303 e. The van der Waals surface area contributed by atoms with E-state index in [1.54, 1.807) is 6.92 Å². The molecule has 3 atom stereocenters. The van der Waals surface area contributed by atoms with Crippen molar-refractivity contribution in [2.75, 3.05) is 0 Å². The standard InChI is InChI=1S/C16H32O5/c1-13(17)10-11-15(19)12-14(18)8-6-4-2-3-5-7-9-16(20)21/h13-15,17-19H,2-12H2,1H3,(H,20,21). The zero-order valence-corrected chi connectivity index (χ0v) is 13.2. The van der Waals surface area contributed by atoms with Gasteiger partial charge in [-0.2, -0.15) is 0 Å². The molecule has 0 heterocycles. The van der Waals surface area contributed by atoms with E-state index >= 15 is 0 Å². The number of carboxylic acids is 1. The first kappa shape index (κ1) is 20.3. The molecule has 5 nitrogen and oxygen atoms in total. The Kier molecular flexibility index (Phi) is 12.6. The second kappa shape index (κ2) is 13.0. The van der Waals surface area contributed by atoms with Crippen LogP contribution in [-0.2, 0) is 4.79 Å². The van der Waals surface area contributed by atoms with Gasteiger partial charge >= 0.3 is 5.97 Å². The van der Waals surface area contributed by atoms with Crippen LogP contribution in [0.5, 0.6) is 0 Å². The van der Waals surface area contributed by atoms with E-state index in [4.69, 9.17) is 10.2 Å². The zero-order valence-electron chi connectivity index (χ0n) is 13.2. The highest BCUT2D eigenvalue weighted by molar-refractivity contribution is 5.66. The number of unbranched alkanes of at least 4 members (excludes halogenated alkanes) is 5. The fourth-order valence-corrected chi connectivity index (χ4v) is 2.35. The lowest BCUT2D eigenvalue weighted by Crippen LogP contribution is -2.19. The molecule has 0 radical (unpaired) electrons. The molecule has 0 aromatic rings. The van der Waals surface area contributed by atoms with Gasteiger partial charge in [0.15, 0.2) is 0 Å². The van der Waals surface area contributed by atoms with Crippen LogP contribution in [0.15, 0.2) is 0 Å². The summed E-state index contributed by atoms with van der Waals surface area (Å²) in [4.78, 5) is 10.3. The first-order valence-electron chi connectivity index (χ1n) is 8.17. The van der Waals surface area contributed by atoms with Gasteiger partial charge in [0.2, 0.25) is 0 Å². The summed E-state index contributed by atoms with van der Waals surface area (Å²) in [6.45, 7) is 1.69. The van der Waals surface area contributed by atoms with E-state index in [1.165, 1.54) is 0 Å². The van der Waals surface area contributed by atoms with Crippen LogP contribution in [-0.4, -0.2) is 44.7 Å². The van der Waals surface area contributed by atoms with Crippen molar-refractivity contribution in [2.45, 2.75) is 95.9 Å². The van der Waals surface area contributed by atoms with E-state index < -0.39 is 24.3 Å². The third-order valence-electron chi connectivity index (χ3n) is 3.64. The molecule has 0 bridgehead atoms. The number of aliphatic hydroxyl groups is 3. The van der Waals surface area contributed by atoms with Crippen LogP contribution in [0.1, 0.15) is 77.6 Å². The molecule has 0 rings (SSSR count). The molecule has 0 spiro atoms. The summed E-state index contributed by atoms with van der Waals surface area (Å²) >= 11 is 0. The number of hydrogen-bond acceptors (Lipinski definition) is 4. The molecule has 0 fully saturated rings. The van der Waals surface area contributed by atoms with Gasteiger partial charge in [-0.05, 0) is 39.0 Å². The highest BCUT2D eigenvalue weighted by Gasteiger charge is 2.12. The predicted molar refractivity (Wildman–Crippen MR) is 82.1 cm³/mol. The van der Waals surface area contributed by atoms with Crippen molar-refractivity contribution in [1.82, 2.24) is 0 Å². The molecule has 4 N–H and O–H groups in total. The number of carboxylic acid groups (broad SMARTS) is 1. The van der Waals surface area contributed by atoms with Gasteiger partial charge in [0.25, 0.3) is 0 Å². The summed E-state index contributed by atoms with van der Waals surface area (Å²) < 4.78 is 0. The van der Waals surface area contributed by atoms with Crippen LogP contribution in [0.25, 0.3) is 0 Å². The van der Waals surface area contributed by atoms with Crippen LogP contribution in [0.4, 0.5) is 0 Å². The van der Waals surface area contributed by atoms with E-state index in [0.29, 0.717) is 25.7 Å². The van der Waals surface area contributed by atoms with Crippen LogP contribution < -0.4 is 0 Å². The van der Waals surface area contributed by atoms with Crippen molar-refractivity contribution in [3.8, 4) is 0 Å². The summed E-state index contributed by atoms with van der Waals surface area (Å²) in [5.41, 5.74) is 0. The molecule has 0 saturated heterocycles. The van der Waals surface area contributed by atoms with Gasteiger partial charge in [-0.25, -0.2) is 0 Å². The zero-order chi connectivity index (χ0) is 16.1. The third kappa shape index (κ3) is 15.6. The maximum atomic E-state index is 10.3. The average Bonchev–Trinajstić information content (AvgIpc) is 2.39. The second-order valence-electron chi connectivity index (χ2n) is 6.02. The van der Waals surface area contributed by atoms with Crippen molar-refractivity contribution >= 4 is 5.97 Å². The number of aliphatic hydroxyl groups excluding tert-OH is 3. The Labute approximate surface area is 128 Å². The molecule has 0 aromatic carbocycles.